The lowest BCUT2D eigenvalue weighted by atomic mass is 10.0. The van der Waals surface area contributed by atoms with E-state index in [2.05, 4.69) is 10.3 Å². The number of carbonyl (C=O) groups is 1. The molecule has 5 heteroatoms. The lowest BCUT2D eigenvalue weighted by Crippen LogP contribution is -2.31. The van der Waals surface area contributed by atoms with Gasteiger partial charge < -0.3 is 14.6 Å². The number of carbonyl (C=O) groups excluding carboxylic acids is 1. The normalized spacial score (nSPS) is 11.8. The number of rotatable bonds is 5. The van der Waals surface area contributed by atoms with Gasteiger partial charge >= 0.3 is 0 Å². The average Bonchev–Trinajstić information content (AvgIpc) is 3.07. The van der Waals surface area contributed by atoms with E-state index < -0.39 is 0 Å². The lowest BCUT2D eigenvalue weighted by Gasteiger charge is -2.20. The Morgan fingerprint density at radius 2 is 1.88 bits per heavy atom. The molecule has 2 aromatic carbocycles. The molecule has 0 saturated carbocycles. The third kappa shape index (κ3) is 3.47. The van der Waals surface area contributed by atoms with Crippen LogP contribution >= 0.6 is 0 Å². The summed E-state index contributed by atoms with van der Waals surface area (Å²) in [7, 11) is 3.55. The zero-order valence-electron chi connectivity index (χ0n) is 15.5. The summed E-state index contributed by atoms with van der Waals surface area (Å²) in [5, 5.41) is 3.14. The third-order valence-electron chi connectivity index (χ3n) is 4.69. The summed E-state index contributed by atoms with van der Waals surface area (Å²) in [6.07, 6.45) is 3.60. The molecule has 0 unspecified atom stereocenters. The van der Waals surface area contributed by atoms with Gasteiger partial charge in [-0.1, -0.05) is 24.3 Å². The highest BCUT2D eigenvalue weighted by atomic mass is 16.5. The van der Waals surface area contributed by atoms with Crippen molar-refractivity contribution in [3.8, 4) is 5.75 Å². The molecule has 1 N–H and O–H groups in total. The van der Waals surface area contributed by atoms with E-state index in [0.29, 0.717) is 5.56 Å². The molecule has 0 saturated heterocycles. The Bertz CT molecular complexity index is 913. The molecule has 1 aromatic heterocycles. The van der Waals surface area contributed by atoms with Gasteiger partial charge in [0.15, 0.2) is 0 Å². The van der Waals surface area contributed by atoms with Crippen LogP contribution in [0.5, 0.6) is 5.75 Å². The number of aryl methyl sites for hydroxylation is 2. The van der Waals surface area contributed by atoms with Crippen LogP contribution in [0.4, 0.5) is 0 Å². The van der Waals surface area contributed by atoms with Gasteiger partial charge in [-0.05, 0) is 48.7 Å². The SMILES string of the molecule is COc1ccc([C@H](NC(=O)c2cccc(C)c2C)c2nccn2C)cc1. The number of nitrogens with one attached hydrogen (secondary N) is 1. The van der Waals surface area contributed by atoms with Crippen LogP contribution in [-0.2, 0) is 7.05 Å². The summed E-state index contributed by atoms with van der Waals surface area (Å²) < 4.78 is 7.15. The predicted molar refractivity (Wildman–Crippen MR) is 101 cm³/mol. The van der Waals surface area contributed by atoms with E-state index in [9.17, 15) is 4.79 Å². The number of nitrogens with zero attached hydrogens (tertiary/aromatic N) is 2. The first-order valence-corrected chi connectivity index (χ1v) is 8.49. The molecular formula is C21H23N3O2. The molecule has 0 fully saturated rings. The first-order chi connectivity index (χ1) is 12.5. The Labute approximate surface area is 153 Å². The highest BCUT2D eigenvalue weighted by molar-refractivity contribution is 5.96. The fourth-order valence-electron chi connectivity index (χ4n) is 2.95. The number of amides is 1. The second-order valence-electron chi connectivity index (χ2n) is 6.32. The monoisotopic (exact) mass is 349 g/mol. The Balaban J connectivity index is 1.97. The standard InChI is InChI=1S/C21H23N3O2/c1-14-6-5-7-18(15(14)2)21(25)23-19(20-22-12-13-24(20)3)16-8-10-17(26-4)11-9-16/h5-13,19H,1-4H3,(H,23,25)/t19-/m0/s1. The maximum atomic E-state index is 13.0. The van der Waals surface area contributed by atoms with Crippen molar-refractivity contribution in [1.82, 2.24) is 14.9 Å². The van der Waals surface area contributed by atoms with Crippen molar-refractivity contribution < 1.29 is 9.53 Å². The summed E-state index contributed by atoms with van der Waals surface area (Å²) >= 11 is 0. The van der Waals surface area contributed by atoms with E-state index in [-0.39, 0.29) is 11.9 Å². The molecule has 1 atom stereocenters. The van der Waals surface area contributed by atoms with E-state index in [1.54, 1.807) is 13.3 Å². The van der Waals surface area contributed by atoms with Crippen LogP contribution in [0.2, 0.25) is 0 Å². The van der Waals surface area contributed by atoms with Crippen molar-refractivity contribution in [2.75, 3.05) is 7.11 Å². The van der Waals surface area contributed by atoms with Gasteiger partial charge in [0.2, 0.25) is 0 Å². The van der Waals surface area contributed by atoms with Gasteiger partial charge in [-0.15, -0.1) is 0 Å². The molecule has 0 aliphatic heterocycles. The summed E-state index contributed by atoms with van der Waals surface area (Å²) in [5.41, 5.74) is 3.70. The topological polar surface area (TPSA) is 56.1 Å². The number of imidazole rings is 1. The number of benzene rings is 2. The molecular weight excluding hydrogens is 326 g/mol. The van der Waals surface area contributed by atoms with Crippen LogP contribution in [0.1, 0.15) is 38.9 Å². The Hall–Kier alpha value is -3.08. The minimum absolute atomic E-state index is 0.116. The zero-order valence-corrected chi connectivity index (χ0v) is 15.5. The van der Waals surface area contributed by atoms with E-state index in [4.69, 9.17) is 4.74 Å². The number of hydrogen-bond donors (Lipinski definition) is 1. The van der Waals surface area contributed by atoms with Crippen LogP contribution in [-0.4, -0.2) is 22.6 Å². The second kappa shape index (κ2) is 7.44. The van der Waals surface area contributed by atoms with Crippen molar-refractivity contribution in [1.29, 1.82) is 0 Å². The molecule has 3 aromatic rings. The van der Waals surface area contributed by atoms with Crippen LogP contribution in [0, 0.1) is 13.8 Å². The molecule has 5 nitrogen and oxygen atoms in total. The molecule has 0 spiro atoms. The smallest absolute Gasteiger partial charge is 0.252 e. The van der Waals surface area contributed by atoms with Gasteiger partial charge in [-0.2, -0.15) is 0 Å². The summed E-state index contributed by atoms with van der Waals surface area (Å²) in [6, 6.07) is 13.1. The van der Waals surface area contributed by atoms with Crippen molar-refractivity contribution in [2.45, 2.75) is 19.9 Å². The van der Waals surface area contributed by atoms with Crippen LogP contribution in [0.15, 0.2) is 54.9 Å². The first-order valence-electron chi connectivity index (χ1n) is 8.49. The van der Waals surface area contributed by atoms with Gasteiger partial charge in [-0.25, -0.2) is 4.98 Å². The van der Waals surface area contributed by atoms with Crippen LogP contribution in [0.25, 0.3) is 0 Å². The van der Waals surface area contributed by atoms with Crippen LogP contribution in [0.3, 0.4) is 0 Å². The number of hydrogen-bond acceptors (Lipinski definition) is 3. The van der Waals surface area contributed by atoms with E-state index in [0.717, 1.165) is 28.3 Å². The third-order valence-corrected chi connectivity index (χ3v) is 4.69. The van der Waals surface area contributed by atoms with Gasteiger partial charge in [0.25, 0.3) is 5.91 Å². The molecule has 1 amide bonds. The van der Waals surface area contributed by atoms with Gasteiger partial charge in [0.05, 0.1) is 7.11 Å². The predicted octanol–water partition coefficient (Wildman–Crippen LogP) is 3.56. The molecule has 26 heavy (non-hydrogen) atoms. The van der Waals surface area contributed by atoms with Crippen molar-refractivity contribution in [3.05, 3.63) is 82.9 Å². The highest BCUT2D eigenvalue weighted by Gasteiger charge is 2.22. The van der Waals surface area contributed by atoms with E-state index in [1.165, 1.54) is 0 Å². The van der Waals surface area contributed by atoms with Crippen molar-refractivity contribution in [3.63, 3.8) is 0 Å². The largest absolute Gasteiger partial charge is 0.497 e. The number of methoxy groups -OCH3 is 1. The second-order valence-corrected chi connectivity index (χ2v) is 6.32. The minimum atomic E-state index is -0.353. The number of ether oxygens (including phenoxy) is 1. The maximum Gasteiger partial charge on any atom is 0.252 e. The summed E-state index contributed by atoms with van der Waals surface area (Å²) in [6.45, 7) is 3.97. The maximum absolute atomic E-state index is 13.0. The van der Waals surface area contributed by atoms with Gasteiger partial charge in [-0.3, -0.25) is 4.79 Å². The fraction of sp³-hybridized carbons (Fsp3) is 0.238. The fourth-order valence-corrected chi connectivity index (χ4v) is 2.95. The molecule has 0 radical (unpaired) electrons. The lowest BCUT2D eigenvalue weighted by molar-refractivity contribution is 0.0940. The Kier molecular flexibility index (Phi) is 5.07. The Morgan fingerprint density at radius 1 is 1.15 bits per heavy atom. The highest BCUT2D eigenvalue weighted by Crippen LogP contribution is 2.24. The van der Waals surface area contributed by atoms with Crippen molar-refractivity contribution >= 4 is 5.91 Å². The van der Waals surface area contributed by atoms with Crippen LogP contribution < -0.4 is 10.1 Å². The summed E-state index contributed by atoms with van der Waals surface area (Å²) in [4.78, 5) is 17.4. The molecule has 0 aliphatic carbocycles. The van der Waals surface area contributed by atoms with Crippen molar-refractivity contribution in [2.24, 2.45) is 7.05 Å². The molecule has 3 rings (SSSR count). The average molecular weight is 349 g/mol. The molecule has 0 bridgehead atoms. The first kappa shape index (κ1) is 17.7. The zero-order chi connectivity index (χ0) is 18.7. The van der Waals surface area contributed by atoms with E-state index >= 15 is 0 Å². The molecule has 134 valence electrons. The van der Waals surface area contributed by atoms with Gasteiger partial charge in [0, 0.05) is 25.0 Å². The quantitative estimate of drug-likeness (QED) is 0.766. The molecule has 0 aliphatic rings. The van der Waals surface area contributed by atoms with Gasteiger partial charge in [0.1, 0.15) is 17.6 Å². The minimum Gasteiger partial charge on any atom is -0.497 e. The summed E-state index contributed by atoms with van der Waals surface area (Å²) in [5.74, 6) is 1.43. The van der Waals surface area contributed by atoms with E-state index in [1.807, 2.05) is 74.1 Å². The molecule has 1 heterocycles. The Morgan fingerprint density at radius 3 is 2.50 bits per heavy atom. The number of aromatic nitrogens is 2.